The highest BCUT2D eigenvalue weighted by Gasteiger charge is 2.17. The molecule has 0 aliphatic carbocycles. The van der Waals surface area contributed by atoms with Gasteiger partial charge in [-0.25, -0.2) is 4.98 Å². The fourth-order valence-corrected chi connectivity index (χ4v) is 2.39. The SMILES string of the molecule is C=CCNC(=O)[C@@H](C)Sc1nc2ccc(Cl)cc2o1. The van der Waals surface area contributed by atoms with Gasteiger partial charge in [-0.05, 0) is 19.1 Å². The molecule has 4 nitrogen and oxygen atoms in total. The van der Waals surface area contributed by atoms with Crippen LogP contribution >= 0.6 is 23.4 Å². The summed E-state index contributed by atoms with van der Waals surface area (Å²) in [6, 6.07) is 5.24. The molecule has 0 aliphatic rings. The van der Waals surface area contributed by atoms with Gasteiger partial charge in [0.2, 0.25) is 5.91 Å². The molecule has 2 aromatic rings. The fourth-order valence-electron chi connectivity index (χ4n) is 1.45. The number of thioether (sulfide) groups is 1. The smallest absolute Gasteiger partial charge is 0.257 e. The zero-order valence-electron chi connectivity index (χ0n) is 10.4. The van der Waals surface area contributed by atoms with Crippen LogP contribution in [0.3, 0.4) is 0 Å². The highest BCUT2D eigenvalue weighted by Crippen LogP contribution is 2.28. The van der Waals surface area contributed by atoms with Gasteiger partial charge in [0.25, 0.3) is 5.22 Å². The lowest BCUT2D eigenvalue weighted by Crippen LogP contribution is -2.30. The molecule has 0 aliphatic heterocycles. The lowest BCUT2D eigenvalue weighted by molar-refractivity contribution is -0.120. The van der Waals surface area contributed by atoms with Crippen LogP contribution in [-0.4, -0.2) is 22.7 Å². The molecule has 0 unspecified atom stereocenters. The number of nitrogens with one attached hydrogen (secondary N) is 1. The second-order valence-electron chi connectivity index (χ2n) is 3.89. The molecule has 1 amide bonds. The summed E-state index contributed by atoms with van der Waals surface area (Å²) in [4.78, 5) is 16.0. The predicted molar refractivity (Wildman–Crippen MR) is 77.5 cm³/mol. The van der Waals surface area contributed by atoms with E-state index < -0.39 is 0 Å². The zero-order chi connectivity index (χ0) is 13.8. The maximum atomic E-state index is 11.7. The van der Waals surface area contributed by atoms with Crippen molar-refractivity contribution in [2.24, 2.45) is 0 Å². The fraction of sp³-hybridized carbons (Fsp3) is 0.231. The number of fused-ring (bicyclic) bond motifs is 1. The Kier molecular flexibility index (Phi) is 4.50. The molecule has 100 valence electrons. The molecule has 1 aromatic heterocycles. The lowest BCUT2D eigenvalue weighted by Gasteiger charge is -2.07. The van der Waals surface area contributed by atoms with Crippen molar-refractivity contribution < 1.29 is 9.21 Å². The van der Waals surface area contributed by atoms with Crippen LogP contribution in [0.5, 0.6) is 0 Å². The van der Waals surface area contributed by atoms with Gasteiger partial charge in [-0.2, -0.15) is 0 Å². The number of carbonyl (C=O) groups is 1. The van der Waals surface area contributed by atoms with E-state index in [0.717, 1.165) is 5.52 Å². The summed E-state index contributed by atoms with van der Waals surface area (Å²) in [6.07, 6.45) is 1.64. The standard InChI is InChI=1S/C13H13ClN2O2S/c1-3-6-15-12(17)8(2)19-13-16-10-5-4-9(14)7-11(10)18-13/h3-5,7-8H,1,6H2,2H3,(H,15,17)/t8-/m1/s1. The van der Waals surface area contributed by atoms with E-state index in [1.807, 2.05) is 0 Å². The number of hydrogen-bond donors (Lipinski definition) is 1. The van der Waals surface area contributed by atoms with E-state index in [1.54, 1.807) is 31.2 Å². The number of nitrogens with zero attached hydrogens (tertiary/aromatic N) is 1. The summed E-state index contributed by atoms with van der Waals surface area (Å²) in [7, 11) is 0. The average Bonchev–Trinajstić information content (AvgIpc) is 2.77. The summed E-state index contributed by atoms with van der Waals surface area (Å²) in [5, 5.41) is 3.49. The van der Waals surface area contributed by atoms with Gasteiger partial charge < -0.3 is 9.73 Å². The highest BCUT2D eigenvalue weighted by molar-refractivity contribution is 8.00. The molecule has 1 aromatic carbocycles. The minimum absolute atomic E-state index is 0.0785. The van der Waals surface area contributed by atoms with Gasteiger partial charge in [0, 0.05) is 17.6 Å². The van der Waals surface area contributed by atoms with Crippen molar-refractivity contribution in [3.63, 3.8) is 0 Å². The highest BCUT2D eigenvalue weighted by atomic mass is 35.5. The molecule has 1 N–H and O–H groups in total. The minimum atomic E-state index is -0.288. The monoisotopic (exact) mass is 296 g/mol. The molecule has 0 radical (unpaired) electrons. The molecule has 1 atom stereocenters. The van der Waals surface area contributed by atoms with Gasteiger partial charge in [0.05, 0.1) is 5.25 Å². The summed E-state index contributed by atoms with van der Waals surface area (Å²) in [5.41, 5.74) is 1.35. The predicted octanol–water partition coefficient (Wildman–Crippen LogP) is 3.26. The van der Waals surface area contributed by atoms with Crippen molar-refractivity contribution in [2.45, 2.75) is 17.4 Å². The molecule has 1 heterocycles. The molecular formula is C13H13ClN2O2S. The first-order valence-electron chi connectivity index (χ1n) is 5.71. The number of carbonyl (C=O) groups excluding carboxylic acids is 1. The van der Waals surface area contributed by atoms with Crippen molar-refractivity contribution in [1.82, 2.24) is 10.3 Å². The van der Waals surface area contributed by atoms with Crippen molar-refractivity contribution >= 4 is 40.4 Å². The Balaban J connectivity index is 2.08. The number of halogens is 1. The molecule has 2 rings (SSSR count). The van der Waals surface area contributed by atoms with Gasteiger partial charge in [0.1, 0.15) is 5.52 Å². The third-order valence-corrected chi connectivity index (χ3v) is 3.58. The van der Waals surface area contributed by atoms with E-state index in [9.17, 15) is 4.79 Å². The van der Waals surface area contributed by atoms with Crippen molar-refractivity contribution in [3.05, 3.63) is 35.9 Å². The number of oxazole rings is 1. The van der Waals surface area contributed by atoms with Gasteiger partial charge in [-0.1, -0.05) is 29.4 Å². The van der Waals surface area contributed by atoms with E-state index >= 15 is 0 Å². The van der Waals surface area contributed by atoms with Crippen LogP contribution in [0.1, 0.15) is 6.92 Å². The van der Waals surface area contributed by atoms with Crippen LogP contribution in [0.2, 0.25) is 5.02 Å². The van der Waals surface area contributed by atoms with E-state index in [1.165, 1.54) is 11.8 Å². The zero-order valence-corrected chi connectivity index (χ0v) is 11.9. The van der Waals surface area contributed by atoms with Gasteiger partial charge in [-0.3, -0.25) is 4.79 Å². The molecule has 0 saturated heterocycles. The molecular weight excluding hydrogens is 284 g/mol. The Hall–Kier alpha value is -1.46. The second kappa shape index (κ2) is 6.12. The van der Waals surface area contributed by atoms with Crippen LogP contribution in [0.25, 0.3) is 11.1 Å². The molecule has 0 saturated carbocycles. The summed E-state index contributed by atoms with van der Waals surface area (Å²) >= 11 is 7.14. The topological polar surface area (TPSA) is 55.1 Å². The molecule has 0 spiro atoms. The molecule has 19 heavy (non-hydrogen) atoms. The molecule has 6 heteroatoms. The van der Waals surface area contributed by atoms with Gasteiger partial charge >= 0.3 is 0 Å². The van der Waals surface area contributed by atoms with E-state index in [-0.39, 0.29) is 11.2 Å². The van der Waals surface area contributed by atoms with E-state index in [4.69, 9.17) is 16.0 Å². The van der Waals surface area contributed by atoms with Crippen LogP contribution in [-0.2, 0) is 4.79 Å². The Morgan fingerprint density at radius 2 is 2.47 bits per heavy atom. The van der Waals surface area contributed by atoms with Crippen molar-refractivity contribution in [2.75, 3.05) is 6.54 Å². The minimum Gasteiger partial charge on any atom is -0.431 e. The summed E-state index contributed by atoms with van der Waals surface area (Å²) in [6.45, 7) is 5.80. The average molecular weight is 297 g/mol. The van der Waals surface area contributed by atoms with E-state index in [0.29, 0.717) is 22.4 Å². The normalized spacial score (nSPS) is 12.3. The quantitative estimate of drug-likeness (QED) is 0.679. The number of hydrogen-bond acceptors (Lipinski definition) is 4. The molecule has 0 bridgehead atoms. The number of rotatable bonds is 5. The third kappa shape index (κ3) is 3.52. The second-order valence-corrected chi connectivity index (χ2v) is 5.61. The van der Waals surface area contributed by atoms with Gasteiger partial charge in [0.15, 0.2) is 5.58 Å². The van der Waals surface area contributed by atoms with E-state index in [2.05, 4.69) is 16.9 Å². The summed E-state index contributed by atoms with van der Waals surface area (Å²) < 4.78 is 5.54. The van der Waals surface area contributed by atoms with Crippen LogP contribution in [0.15, 0.2) is 40.5 Å². The Bertz CT molecular complexity index is 612. The number of aromatic nitrogens is 1. The maximum absolute atomic E-state index is 11.7. The van der Waals surface area contributed by atoms with Gasteiger partial charge in [-0.15, -0.1) is 6.58 Å². The van der Waals surface area contributed by atoms with Crippen molar-refractivity contribution in [1.29, 1.82) is 0 Å². The van der Waals surface area contributed by atoms with Crippen molar-refractivity contribution in [3.8, 4) is 0 Å². The Morgan fingerprint density at radius 3 is 3.21 bits per heavy atom. The first kappa shape index (κ1) is 14.0. The van der Waals surface area contributed by atoms with Crippen LogP contribution in [0, 0.1) is 0 Å². The number of benzene rings is 1. The number of amides is 1. The maximum Gasteiger partial charge on any atom is 0.257 e. The largest absolute Gasteiger partial charge is 0.431 e. The Morgan fingerprint density at radius 1 is 1.68 bits per heavy atom. The molecule has 0 fully saturated rings. The Labute approximate surface area is 120 Å². The first-order valence-corrected chi connectivity index (χ1v) is 6.97. The summed E-state index contributed by atoms with van der Waals surface area (Å²) in [5.74, 6) is -0.0785. The van der Waals surface area contributed by atoms with Crippen LogP contribution in [0.4, 0.5) is 0 Å². The lowest BCUT2D eigenvalue weighted by atomic mass is 10.3. The van der Waals surface area contributed by atoms with Crippen LogP contribution < -0.4 is 5.32 Å². The first-order chi connectivity index (χ1) is 9.10. The third-order valence-electron chi connectivity index (χ3n) is 2.40.